The number of ether oxygens (including phenoxy) is 1. The van der Waals surface area contributed by atoms with E-state index in [1.165, 1.54) is 0 Å². The highest BCUT2D eigenvalue weighted by Gasteiger charge is 2.76. The number of phosphoric acid groups is 3. The van der Waals surface area contributed by atoms with Gasteiger partial charge in [-0.05, 0) is 18.6 Å². The van der Waals surface area contributed by atoms with E-state index in [1.807, 2.05) is 5.92 Å². The number of nitrogens with one attached hydrogen (secondary N) is 1. The maximum absolute atomic E-state index is 15.6. The third kappa shape index (κ3) is 5.18. The molecule has 2 heterocycles. The number of fused-ring (bicyclic) bond motifs is 1. The first-order chi connectivity index (χ1) is 14.4. The van der Waals surface area contributed by atoms with E-state index in [-0.39, 0.29) is 15.8 Å². The van der Waals surface area contributed by atoms with Crippen molar-refractivity contribution in [3.8, 4) is 12.3 Å². The van der Waals surface area contributed by atoms with E-state index in [2.05, 4.69) is 18.1 Å². The first-order valence-electron chi connectivity index (χ1n) is 8.07. The zero-order valence-electron chi connectivity index (χ0n) is 15.2. The predicted octanol–water partition coefficient (Wildman–Crippen LogP) is 2.39. The van der Waals surface area contributed by atoms with Gasteiger partial charge in [0.1, 0.15) is 10.2 Å². The number of halogens is 2. The predicted molar refractivity (Wildman–Crippen MR) is 104 cm³/mol. The monoisotopic (exact) mass is 556 g/mol. The molecular weight excluding hydrogens is 543 g/mol. The van der Waals surface area contributed by atoms with Gasteiger partial charge >= 0.3 is 23.5 Å². The quantitative estimate of drug-likeness (QED) is 0.178. The SMILES string of the molecule is C#CC1(F)C(n2cc(F)c(=S)[nH]c2=S)OC2(COP(=O)(O)OP(=O)(O)OP(=O)(O)O)CC21. The highest BCUT2D eigenvalue weighted by atomic mass is 32.1. The zero-order chi connectivity index (χ0) is 24.3. The van der Waals surface area contributed by atoms with Crippen molar-refractivity contribution in [2.24, 2.45) is 5.92 Å². The van der Waals surface area contributed by atoms with E-state index in [9.17, 15) is 23.0 Å². The van der Waals surface area contributed by atoms with Gasteiger partial charge in [0, 0.05) is 12.1 Å². The van der Waals surface area contributed by atoms with Crippen LogP contribution in [-0.2, 0) is 31.6 Å². The van der Waals surface area contributed by atoms with E-state index in [4.69, 9.17) is 50.3 Å². The van der Waals surface area contributed by atoms with E-state index in [0.29, 0.717) is 0 Å². The summed E-state index contributed by atoms with van der Waals surface area (Å²) in [6.07, 6.45) is 4.25. The molecule has 3 rings (SSSR count). The number of aromatic nitrogens is 2. The molecule has 1 aromatic heterocycles. The van der Waals surface area contributed by atoms with Crippen LogP contribution in [0.5, 0.6) is 0 Å². The molecule has 0 amide bonds. The van der Waals surface area contributed by atoms with Gasteiger partial charge < -0.3 is 29.3 Å². The van der Waals surface area contributed by atoms with Crippen molar-refractivity contribution in [2.45, 2.75) is 23.9 Å². The standard InChI is InChI=1S/C12H13F2N2O11P3S2/c1-2-12(14)7-3-11(7,25-9(12)16-4-6(13)8(31)15-10(16)32)5-24-29(20,21)27-30(22,23)26-28(17,18)19/h1,4,7,9H,3,5H2,(H,20,21)(H,22,23)(H,15,31,32)(H2,17,18,19). The van der Waals surface area contributed by atoms with Crippen LogP contribution in [0.15, 0.2) is 6.20 Å². The van der Waals surface area contributed by atoms with E-state index >= 15 is 4.39 Å². The molecule has 1 aliphatic heterocycles. The summed E-state index contributed by atoms with van der Waals surface area (Å²) < 4.78 is 80.9. The lowest BCUT2D eigenvalue weighted by Crippen LogP contribution is -2.34. The van der Waals surface area contributed by atoms with Crippen LogP contribution in [0.1, 0.15) is 12.6 Å². The summed E-state index contributed by atoms with van der Waals surface area (Å²) in [5.74, 6) is -0.182. The summed E-state index contributed by atoms with van der Waals surface area (Å²) >= 11 is 9.68. The van der Waals surface area contributed by atoms with Gasteiger partial charge in [0.15, 0.2) is 16.8 Å². The molecule has 178 valence electrons. The molecule has 0 aromatic carbocycles. The first kappa shape index (κ1) is 25.9. The Morgan fingerprint density at radius 3 is 2.47 bits per heavy atom. The molecule has 6 atom stereocenters. The van der Waals surface area contributed by atoms with E-state index in [0.717, 1.165) is 10.8 Å². The largest absolute Gasteiger partial charge is 0.490 e. The average Bonchev–Trinajstić information content (AvgIpc) is 3.28. The lowest BCUT2D eigenvalue weighted by atomic mass is 9.99. The molecule has 2 aliphatic rings. The maximum atomic E-state index is 15.6. The molecule has 1 saturated carbocycles. The highest BCUT2D eigenvalue weighted by Crippen LogP contribution is 2.69. The molecule has 1 saturated heterocycles. The van der Waals surface area contributed by atoms with Crippen molar-refractivity contribution in [2.75, 3.05) is 6.61 Å². The Hall–Kier alpha value is -0.690. The molecule has 13 nitrogen and oxygen atoms in total. The molecule has 0 bridgehead atoms. The van der Waals surface area contributed by atoms with Gasteiger partial charge in [-0.2, -0.15) is 8.62 Å². The zero-order valence-corrected chi connectivity index (χ0v) is 19.5. The van der Waals surface area contributed by atoms with Gasteiger partial charge in [-0.1, -0.05) is 18.1 Å². The molecule has 0 radical (unpaired) electrons. The Bertz CT molecular complexity index is 1260. The van der Waals surface area contributed by atoms with Crippen molar-refractivity contribution in [3.63, 3.8) is 0 Å². The summed E-state index contributed by atoms with van der Waals surface area (Å²) in [4.78, 5) is 38.1. The van der Waals surface area contributed by atoms with Crippen LogP contribution in [0.3, 0.4) is 0 Å². The van der Waals surface area contributed by atoms with Crippen LogP contribution in [0.2, 0.25) is 0 Å². The topological polar surface area (TPSA) is 190 Å². The summed E-state index contributed by atoms with van der Waals surface area (Å²) in [6.45, 7) is -0.913. The Kier molecular flexibility index (Phi) is 6.65. The molecule has 32 heavy (non-hydrogen) atoms. The molecule has 6 unspecified atom stereocenters. The Balaban J connectivity index is 1.79. The van der Waals surface area contributed by atoms with Crippen LogP contribution >= 0.6 is 47.9 Å². The molecule has 5 N–H and O–H groups in total. The maximum Gasteiger partial charge on any atom is 0.490 e. The van der Waals surface area contributed by atoms with Crippen LogP contribution in [0, 0.1) is 33.5 Å². The summed E-state index contributed by atoms with van der Waals surface area (Å²) in [6, 6.07) is 0. The minimum atomic E-state index is -5.74. The second-order valence-electron chi connectivity index (χ2n) is 6.71. The second kappa shape index (κ2) is 8.21. The summed E-state index contributed by atoms with van der Waals surface area (Å²) in [7, 11) is -16.8. The van der Waals surface area contributed by atoms with Crippen molar-refractivity contribution in [3.05, 3.63) is 21.4 Å². The number of hydrogen-bond acceptors (Lipinski definition) is 9. The third-order valence-electron chi connectivity index (χ3n) is 4.52. The number of nitrogens with zero attached hydrogens (tertiary/aromatic N) is 1. The number of aromatic amines is 1. The number of alkyl halides is 1. The molecule has 20 heteroatoms. The molecule has 0 spiro atoms. The normalized spacial score (nSPS) is 33.0. The van der Waals surface area contributed by atoms with Crippen LogP contribution < -0.4 is 0 Å². The smallest absolute Gasteiger partial charge is 0.344 e. The minimum absolute atomic E-state index is 0.126. The fourth-order valence-electron chi connectivity index (χ4n) is 3.18. The van der Waals surface area contributed by atoms with Gasteiger partial charge in [-0.3, -0.25) is 9.09 Å². The van der Waals surface area contributed by atoms with Crippen LogP contribution in [0.4, 0.5) is 8.78 Å². The van der Waals surface area contributed by atoms with E-state index in [1.54, 1.807) is 0 Å². The number of terminal acetylenes is 1. The van der Waals surface area contributed by atoms with Crippen molar-refractivity contribution >= 4 is 47.9 Å². The third-order valence-corrected chi connectivity index (χ3v) is 8.92. The highest BCUT2D eigenvalue weighted by molar-refractivity contribution is 7.72. The lowest BCUT2D eigenvalue weighted by molar-refractivity contribution is -0.0910. The summed E-state index contributed by atoms with van der Waals surface area (Å²) in [5, 5.41) is 0. The molecule has 1 aromatic rings. The molecular formula is C12H13F2N2O11P3S2. The van der Waals surface area contributed by atoms with Crippen molar-refractivity contribution in [1.29, 1.82) is 0 Å². The van der Waals surface area contributed by atoms with Crippen molar-refractivity contribution in [1.82, 2.24) is 9.55 Å². The fraction of sp³-hybridized carbons (Fsp3) is 0.500. The minimum Gasteiger partial charge on any atom is -0.344 e. The van der Waals surface area contributed by atoms with Gasteiger partial charge in [0.2, 0.25) is 5.67 Å². The number of rotatable bonds is 8. The second-order valence-corrected chi connectivity index (χ2v) is 11.9. The number of hydrogen-bond donors (Lipinski definition) is 5. The van der Waals surface area contributed by atoms with Crippen molar-refractivity contribution < 1.29 is 59.9 Å². The number of H-pyrrole nitrogens is 1. The van der Waals surface area contributed by atoms with Gasteiger partial charge in [0.25, 0.3) is 0 Å². The Labute approximate surface area is 187 Å². The van der Waals surface area contributed by atoms with E-state index < -0.39 is 59.3 Å². The first-order valence-corrected chi connectivity index (χ1v) is 13.4. The Morgan fingerprint density at radius 2 is 1.91 bits per heavy atom. The van der Waals surface area contributed by atoms with Gasteiger partial charge in [-0.15, -0.1) is 6.42 Å². The lowest BCUT2D eigenvalue weighted by Gasteiger charge is -2.27. The molecule has 2 fully saturated rings. The van der Waals surface area contributed by atoms with Crippen LogP contribution in [0.25, 0.3) is 0 Å². The van der Waals surface area contributed by atoms with Gasteiger partial charge in [0.05, 0.1) is 6.61 Å². The molecule has 1 aliphatic carbocycles. The Morgan fingerprint density at radius 1 is 1.28 bits per heavy atom. The number of phosphoric ester groups is 1. The average molecular weight is 556 g/mol. The summed E-state index contributed by atoms with van der Waals surface area (Å²) in [5.41, 5.74) is -4.20. The van der Waals surface area contributed by atoms with Gasteiger partial charge in [-0.25, -0.2) is 22.5 Å². The fourth-order valence-corrected chi connectivity index (χ4v) is 6.72. The van der Waals surface area contributed by atoms with Crippen LogP contribution in [-0.4, -0.2) is 47.0 Å².